The standard InChI is InChI=1S/C20H19BrN4O4/c21-15-8-6-14(7-9-15)17-23-22-16(29-17)12-25-19(27)18(26)24(20(25)28)11-10-13-4-2-1-3-5-13/h4,6-9H,1-3,5,10-12H2. The number of amides is 4. The Balaban J connectivity index is 1.43. The lowest BCUT2D eigenvalue weighted by molar-refractivity contribution is -0.143. The van der Waals surface area contributed by atoms with Crippen LogP contribution in [0.15, 0.2) is 44.8 Å². The second-order valence-electron chi connectivity index (χ2n) is 7.00. The highest BCUT2D eigenvalue weighted by atomic mass is 79.9. The summed E-state index contributed by atoms with van der Waals surface area (Å²) in [5, 5.41) is 7.86. The van der Waals surface area contributed by atoms with E-state index in [0.717, 1.165) is 33.5 Å². The number of benzene rings is 1. The highest BCUT2D eigenvalue weighted by Gasteiger charge is 2.44. The molecule has 29 heavy (non-hydrogen) atoms. The lowest BCUT2D eigenvalue weighted by Crippen LogP contribution is -2.34. The summed E-state index contributed by atoms with van der Waals surface area (Å²) in [6.45, 7) is -0.0220. The van der Waals surface area contributed by atoms with E-state index in [4.69, 9.17) is 4.42 Å². The first-order chi connectivity index (χ1) is 14.0. The van der Waals surface area contributed by atoms with Gasteiger partial charge in [-0.15, -0.1) is 10.2 Å². The minimum Gasteiger partial charge on any atom is -0.419 e. The molecular formula is C20H19BrN4O4. The summed E-state index contributed by atoms with van der Waals surface area (Å²) in [5.41, 5.74) is 1.95. The van der Waals surface area contributed by atoms with Gasteiger partial charge in [0.25, 0.3) is 0 Å². The van der Waals surface area contributed by atoms with Crippen molar-refractivity contribution in [2.45, 2.75) is 38.6 Å². The first-order valence-corrected chi connectivity index (χ1v) is 10.3. The number of hydrogen-bond donors (Lipinski definition) is 0. The number of carbonyl (C=O) groups excluding carboxylic acids is 3. The van der Waals surface area contributed by atoms with Crippen molar-refractivity contribution in [2.75, 3.05) is 6.54 Å². The smallest absolute Gasteiger partial charge is 0.334 e. The molecule has 1 aromatic heterocycles. The fourth-order valence-electron chi connectivity index (χ4n) is 3.44. The van der Waals surface area contributed by atoms with E-state index in [1.54, 1.807) is 12.1 Å². The maximum atomic E-state index is 12.6. The number of rotatable bonds is 6. The van der Waals surface area contributed by atoms with Crippen LogP contribution in [-0.4, -0.2) is 44.4 Å². The topological polar surface area (TPSA) is 96.6 Å². The molecule has 1 fully saturated rings. The zero-order chi connectivity index (χ0) is 20.4. The Kier molecular flexibility index (Phi) is 5.57. The monoisotopic (exact) mass is 458 g/mol. The molecule has 9 heteroatoms. The van der Waals surface area contributed by atoms with Gasteiger partial charge in [0.1, 0.15) is 6.54 Å². The zero-order valence-electron chi connectivity index (χ0n) is 15.6. The van der Waals surface area contributed by atoms with Gasteiger partial charge in [0.2, 0.25) is 11.8 Å². The van der Waals surface area contributed by atoms with E-state index in [-0.39, 0.29) is 24.9 Å². The number of hydrogen-bond acceptors (Lipinski definition) is 6. The lowest BCUT2D eigenvalue weighted by Gasteiger charge is -2.17. The molecule has 0 N–H and O–H groups in total. The van der Waals surface area contributed by atoms with E-state index >= 15 is 0 Å². The normalized spacial score (nSPS) is 17.3. The molecular weight excluding hydrogens is 440 g/mol. The summed E-state index contributed by atoms with van der Waals surface area (Å²) in [6.07, 6.45) is 7.07. The predicted molar refractivity (Wildman–Crippen MR) is 106 cm³/mol. The molecule has 2 heterocycles. The van der Waals surface area contributed by atoms with E-state index in [1.165, 1.54) is 12.0 Å². The second-order valence-corrected chi connectivity index (χ2v) is 7.91. The number of halogens is 1. The van der Waals surface area contributed by atoms with Gasteiger partial charge >= 0.3 is 17.8 Å². The van der Waals surface area contributed by atoms with Gasteiger partial charge in [-0.05, 0) is 56.4 Å². The van der Waals surface area contributed by atoms with Crippen LogP contribution >= 0.6 is 15.9 Å². The van der Waals surface area contributed by atoms with Crippen LogP contribution in [0.3, 0.4) is 0 Å². The predicted octanol–water partition coefficient (Wildman–Crippen LogP) is 3.68. The van der Waals surface area contributed by atoms with Gasteiger partial charge < -0.3 is 4.42 Å². The third kappa shape index (κ3) is 4.14. The van der Waals surface area contributed by atoms with Crippen LogP contribution in [0.5, 0.6) is 0 Å². The van der Waals surface area contributed by atoms with Crippen LogP contribution in [0.1, 0.15) is 38.0 Å². The van der Waals surface area contributed by atoms with Crippen molar-refractivity contribution >= 4 is 33.8 Å². The Bertz CT molecular complexity index is 983. The summed E-state index contributed by atoms with van der Waals surface area (Å²) in [5.74, 6) is -1.30. The van der Waals surface area contributed by atoms with E-state index < -0.39 is 17.8 Å². The van der Waals surface area contributed by atoms with Crippen molar-refractivity contribution in [1.82, 2.24) is 20.0 Å². The number of urea groups is 1. The van der Waals surface area contributed by atoms with Crippen molar-refractivity contribution in [2.24, 2.45) is 0 Å². The molecule has 1 aliphatic carbocycles. The van der Waals surface area contributed by atoms with Crippen LogP contribution in [0.25, 0.3) is 11.5 Å². The van der Waals surface area contributed by atoms with Crippen LogP contribution in [0.4, 0.5) is 4.79 Å². The molecule has 0 saturated carbocycles. The Morgan fingerprint density at radius 2 is 1.76 bits per heavy atom. The van der Waals surface area contributed by atoms with Gasteiger partial charge in [-0.3, -0.25) is 14.5 Å². The first kappa shape index (κ1) is 19.5. The van der Waals surface area contributed by atoms with Crippen LogP contribution < -0.4 is 0 Å². The zero-order valence-corrected chi connectivity index (χ0v) is 17.2. The number of imide groups is 2. The molecule has 2 aliphatic rings. The third-order valence-electron chi connectivity index (χ3n) is 5.03. The summed E-state index contributed by atoms with van der Waals surface area (Å²) in [6, 6.07) is 6.65. The first-order valence-electron chi connectivity index (χ1n) is 9.46. The molecule has 1 saturated heterocycles. The van der Waals surface area contributed by atoms with Crippen LogP contribution in [-0.2, 0) is 16.1 Å². The van der Waals surface area contributed by atoms with E-state index in [9.17, 15) is 14.4 Å². The molecule has 8 nitrogen and oxygen atoms in total. The maximum absolute atomic E-state index is 12.6. The highest BCUT2D eigenvalue weighted by Crippen LogP contribution is 2.24. The molecule has 1 aliphatic heterocycles. The average molecular weight is 459 g/mol. The van der Waals surface area contributed by atoms with Gasteiger partial charge in [0.15, 0.2) is 0 Å². The summed E-state index contributed by atoms with van der Waals surface area (Å²) < 4.78 is 6.48. The molecule has 0 unspecified atom stereocenters. The SMILES string of the molecule is O=C1C(=O)N(Cc2nnc(-c3ccc(Br)cc3)o2)C(=O)N1CCC1=CCCCC1. The summed E-state index contributed by atoms with van der Waals surface area (Å²) >= 11 is 3.36. The van der Waals surface area contributed by atoms with Gasteiger partial charge in [-0.25, -0.2) is 9.69 Å². The van der Waals surface area contributed by atoms with Gasteiger partial charge in [0.05, 0.1) is 0 Å². The van der Waals surface area contributed by atoms with Gasteiger partial charge in [-0.1, -0.05) is 27.6 Å². The lowest BCUT2D eigenvalue weighted by atomic mass is 9.97. The number of nitrogens with zero attached hydrogens (tertiary/aromatic N) is 4. The van der Waals surface area contributed by atoms with Crippen molar-refractivity contribution in [3.8, 4) is 11.5 Å². The van der Waals surface area contributed by atoms with Crippen molar-refractivity contribution in [1.29, 1.82) is 0 Å². The third-order valence-corrected chi connectivity index (χ3v) is 5.56. The maximum Gasteiger partial charge on any atom is 0.334 e. The van der Waals surface area contributed by atoms with Gasteiger partial charge in [0, 0.05) is 16.6 Å². The van der Waals surface area contributed by atoms with Crippen LogP contribution in [0.2, 0.25) is 0 Å². The van der Waals surface area contributed by atoms with E-state index in [2.05, 4.69) is 32.2 Å². The molecule has 0 bridgehead atoms. The van der Waals surface area contributed by atoms with E-state index in [1.807, 2.05) is 12.1 Å². The number of aromatic nitrogens is 2. The molecule has 150 valence electrons. The molecule has 2 aromatic rings. The summed E-state index contributed by atoms with van der Waals surface area (Å²) in [7, 11) is 0. The van der Waals surface area contributed by atoms with E-state index in [0.29, 0.717) is 12.0 Å². The molecule has 4 amide bonds. The molecule has 0 spiro atoms. The Hall–Kier alpha value is -2.81. The van der Waals surface area contributed by atoms with Crippen molar-refractivity contribution in [3.63, 3.8) is 0 Å². The quantitative estimate of drug-likeness (QED) is 0.372. The number of allylic oxidation sites excluding steroid dienone is 1. The molecule has 0 radical (unpaired) electrons. The Labute approximate surface area is 175 Å². The minimum absolute atomic E-state index is 0.0919. The van der Waals surface area contributed by atoms with Gasteiger partial charge in [-0.2, -0.15) is 0 Å². The van der Waals surface area contributed by atoms with Crippen molar-refractivity contribution in [3.05, 3.63) is 46.3 Å². The summed E-state index contributed by atoms with van der Waals surface area (Å²) in [4.78, 5) is 39.0. The fraction of sp³-hybridized carbons (Fsp3) is 0.350. The minimum atomic E-state index is -0.865. The average Bonchev–Trinajstić information content (AvgIpc) is 3.28. The largest absolute Gasteiger partial charge is 0.419 e. The fourth-order valence-corrected chi connectivity index (χ4v) is 3.70. The highest BCUT2D eigenvalue weighted by molar-refractivity contribution is 9.10. The number of carbonyl (C=O) groups is 3. The molecule has 1 aromatic carbocycles. The Morgan fingerprint density at radius 1 is 1.00 bits per heavy atom. The second kappa shape index (κ2) is 8.28. The van der Waals surface area contributed by atoms with Crippen LogP contribution in [0, 0.1) is 0 Å². The molecule has 4 rings (SSSR count). The Morgan fingerprint density at radius 3 is 2.48 bits per heavy atom. The molecule has 0 atom stereocenters. The van der Waals surface area contributed by atoms with Crippen molar-refractivity contribution < 1.29 is 18.8 Å².